The molecule has 0 fully saturated rings. The number of aliphatic hydroxyl groups is 2. The quantitative estimate of drug-likeness (QED) is 0.0323. The Balaban J connectivity index is 4.42. The monoisotopic (exact) mass is 806 g/mol. The number of hydrogen-bond donors (Lipinski definition) is 3. The van der Waals surface area contributed by atoms with Gasteiger partial charge in [-0.2, -0.15) is 0 Å². The third-order valence-corrected chi connectivity index (χ3v) is 11.8. The molecule has 6 nitrogen and oxygen atoms in total. The fourth-order valence-corrected chi connectivity index (χ4v) is 7.96. The van der Waals surface area contributed by atoms with Crippen LogP contribution in [0.5, 0.6) is 0 Å². The summed E-state index contributed by atoms with van der Waals surface area (Å²) in [5.74, 6) is -0.471. The summed E-state index contributed by atoms with van der Waals surface area (Å²) < 4.78 is 5.91. The Bertz CT molecular complexity index is 863. The van der Waals surface area contributed by atoms with Crippen molar-refractivity contribution in [2.24, 2.45) is 0 Å². The van der Waals surface area contributed by atoms with Crippen LogP contribution < -0.4 is 5.32 Å². The van der Waals surface area contributed by atoms with E-state index < -0.39 is 18.2 Å². The van der Waals surface area contributed by atoms with E-state index in [2.05, 4.69) is 38.2 Å². The minimum absolute atomic E-state index is 0.0804. The molecule has 0 aliphatic carbocycles. The fraction of sp³-hybridized carbons (Fsp3) is 0.922. The molecule has 3 unspecified atom stereocenters. The van der Waals surface area contributed by atoms with Gasteiger partial charge in [0.2, 0.25) is 5.91 Å². The molecule has 3 N–H and O–H groups in total. The highest BCUT2D eigenvalue weighted by Crippen LogP contribution is 2.18. The van der Waals surface area contributed by atoms with E-state index in [1.807, 2.05) is 0 Å². The van der Waals surface area contributed by atoms with Crippen LogP contribution in [0.25, 0.3) is 0 Å². The molecule has 6 heteroatoms. The third-order valence-electron chi connectivity index (χ3n) is 11.8. The molecule has 0 saturated heterocycles. The largest absolute Gasteiger partial charge is 0.462 e. The summed E-state index contributed by atoms with van der Waals surface area (Å²) in [6, 6.07) is -0.695. The Hall–Kier alpha value is -1.40. The Morgan fingerprint density at radius 3 is 1.25 bits per heavy atom. The van der Waals surface area contributed by atoms with Crippen molar-refractivity contribution in [1.82, 2.24) is 5.32 Å². The lowest BCUT2D eigenvalue weighted by atomic mass is 10.0. The summed E-state index contributed by atoms with van der Waals surface area (Å²) in [7, 11) is 0. The maximum absolute atomic E-state index is 13.1. The summed E-state index contributed by atoms with van der Waals surface area (Å²) in [5, 5.41) is 23.7. The average Bonchev–Trinajstić information content (AvgIpc) is 3.20. The standard InChI is InChI=1S/C51H99NO5/c1-4-7-10-13-16-19-21-22-23-24-25-26-27-29-32-35-38-41-44-51(56)57-47(42-39-36-33-30-18-15-12-9-6-3)45-50(55)52-48(46-53)49(54)43-40-37-34-31-28-20-17-14-11-8-5-2/h25-26,47-49,53-54H,4-24,27-46H2,1-3H3,(H,52,55)/b26-25+. The van der Waals surface area contributed by atoms with Crippen molar-refractivity contribution >= 4 is 11.9 Å². The molecule has 0 rings (SSSR count). The summed E-state index contributed by atoms with van der Waals surface area (Å²) in [4.78, 5) is 26.0. The van der Waals surface area contributed by atoms with Gasteiger partial charge < -0.3 is 20.3 Å². The molecule has 1 amide bonds. The second kappa shape index (κ2) is 45.7. The number of unbranched alkanes of at least 4 members (excludes halogenated alkanes) is 32. The van der Waals surface area contributed by atoms with Crippen molar-refractivity contribution in [1.29, 1.82) is 0 Å². The maximum Gasteiger partial charge on any atom is 0.306 e. The van der Waals surface area contributed by atoms with Crippen LogP contribution in [-0.2, 0) is 14.3 Å². The smallest absolute Gasteiger partial charge is 0.306 e. The molecule has 0 radical (unpaired) electrons. The zero-order chi connectivity index (χ0) is 41.7. The summed E-state index contributed by atoms with van der Waals surface area (Å²) in [6.45, 7) is 6.48. The summed E-state index contributed by atoms with van der Waals surface area (Å²) >= 11 is 0. The third kappa shape index (κ3) is 41.1. The van der Waals surface area contributed by atoms with E-state index in [4.69, 9.17) is 4.74 Å². The van der Waals surface area contributed by atoms with Gasteiger partial charge in [0, 0.05) is 6.42 Å². The number of allylic oxidation sites excluding steroid dienone is 2. The predicted octanol–water partition coefficient (Wildman–Crippen LogP) is 15.0. The van der Waals surface area contributed by atoms with E-state index in [-0.39, 0.29) is 24.9 Å². The number of amides is 1. The molecule has 0 spiro atoms. The predicted molar refractivity (Wildman–Crippen MR) is 246 cm³/mol. The van der Waals surface area contributed by atoms with Crippen LogP contribution in [-0.4, -0.2) is 46.9 Å². The first-order valence-corrected chi connectivity index (χ1v) is 25.4. The van der Waals surface area contributed by atoms with Crippen LogP contribution in [0.3, 0.4) is 0 Å². The molecule has 0 aliphatic heterocycles. The van der Waals surface area contributed by atoms with Crippen molar-refractivity contribution in [3.8, 4) is 0 Å². The number of carbonyl (C=O) groups excluding carboxylic acids is 2. The molecule has 0 aliphatic rings. The van der Waals surface area contributed by atoms with E-state index in [9.17, 15) is 19.8 Å². The molecule has 0 aromatic rings. The molecular formula is C51H99NO5. The maximum atomic E-state index is 13.1. The molecule has 3 atom stereocenters. The van der Waals surface area contributed by atoms with Gasteiger partial charge in [0.15, 0.2) is 0 Å². The van der Waals surface area contributed by atoms with Crippen molar-refractivity contribution in [3.05, 3.63) is 12.2 Å². The number of nitrogens with one attached hydrogen (secondary N) is 1. The normalized spacial score (nSPS) is 13.3. The highest BCUT2D eigenvalue weighted by molar-refractivity contribution is 5.77. The molecular weight excluding hydrogens is 707 g/mol. The van der Waals surface area contributed by atoms with Gasteiger partial charge in [-0.1, -0.05) is 226 Å². The van der Waals surface area contributed by atoms with E-state index in [1.165, 1.54) is 180 Å². The van der Waals surface area contributed by atoms with Gasteiger partial charge in [-0.15, -0.1) is 0 Å². The molecule has 0 aromatic heterocycles. The minimum atomic E-state index is -0.781. The molecule has 0 saturated carbocycles. The topological polar surface area (TPSA) is 95.9 Å². The zero-order valence-electron chi connectivity index (χ0n) is 38.5. The number of carbonyl (C=O) groups is 2. The number of ether oxygens (including phenoxy) is 1. The molecule has 0 heterocycles. The van der Waals surface area contributed by atoms with Crippen LogP contribution in [0.2, 0.25) is 0 Å². The van der Waals surface area contributed by atoms with Crippen LogP contribution in [0.1, 0.15) is 278 Å². The van der Waals surface area contributed by atoms with E-state index in [0.717, 1.165) is 51.4 Å². The Morgan fingerprint density at radius 2 is 0.842 bits per heavy atom. The minimum Gasteiger partial charge on any atom is -0.462 e. The highest BCUT2D eigenvalue weighted by Gasteiger charge is 2.24. The van der Waals surface area contributed by atoms with Crippen LogP contribution >= 0.6 is 0 Å². The van der Waals surface area contributed by atoms with Crippen molar-refractivity contribution in [3.63, 3.8) is 0 Å². The van der Waals surface area contributed by atoms with Gasteiger partial charge in [0.05, 0.1) is 25.2 Å². The van der Waals surface area contributed by atoms with E-state index in [0.29, 0.717) is 19.3 Å². The zero-order valence-corrected chi connectivity index (χ0v) is 38.5. The molecule has 338 valence electrons. The Kier molecular flexibility index (Phi) is 44.6. The molecule has 0 bridgehead atoms. The fourth-order valence-electron chi connectivity index (χ4n) is 7.96. The average molecular weight is 806 g/mol. The van der Waals surface area contributed by atoms with Crippen molar-refractivity contribution < 1.29 is 24.5 Å². The number of rotatable bonds is 46. The lowest BCUT2D eigenvalue weighted by Crippen LogP contribution is -2.46. The first-order chi connectivity index (χ1) is 28.0. The van der Waals surface area contributed by atoms with Gasteiger partial charge in [0.1, 0.15) is 6.10 Å². The van der Waals surface area contributed by atoms with Crippen LogP contribution in [0, 0.1) is 0 Å². The lowest BCUT2D eigenvalue weighted by molar-refractivity contribution is -0.151. The van der Waals surface area contributed by atoms with Gasteiger partial charge >= 0.3 is 5.97 Å². The van der Waals surface area contributed by atoms with Crippen LogP contribution in [0.15, 0.2) is 12.2 Å². The summed E-state index contributed by atoms with van der Waals surface area (Å²) in [5.41, 5.74) is 0. The van der Waals surface area contributed by atoms with Crippen molar-refractivity contribution in [2.45, 2.75) is 296 Å². The number of aliphatic hydroxyl groups excluding tert-OH is 2. The van der Waals surface area contributed by atoms with Gasteiger partial charge in [-0.25, -0.2) is 0 Å². The first kappa shape index (κ1) is 55.6. The first-order valence-electron chi connectivity index (χ1n) is 25.4. The van der Waals surface area contributed by atoms with Gasteiger partial charge in [-0.3, -0.25) is 9.59 Å². The Labute approximate surface area is 355 Å². The van der Waals surface area contributed by atoms with Gasteiger partial charge in [0.25, 0.3) is 0 Å². The number of hydrogen-bond acceptors (Lipinski definition) is 5. The van der Waals surface area contributed by atoms with E-state index >= 15 is 0 Å². The van der Waals surface area contributed by atoms with Crippen LogP contribution in [0.4, 0.5) is 0 Å². The van der Waals surface area contributed by atoms with Crippen molar-refractivity contribution in [2.75, 3.05) is 6.61 Å². The highest BCUT2D eigenvalue weighted by atomic mass is 16.5. The van der Waals surface area contributed by atoms with Gasteiger partial charge in [-0.05, 0) is 51.4 Å². The Morgan fingerprint density at radius 1 is 0.491 bits per heavy atom. The lowest BCUT2D eigenvalue weighted by Gasteiger charge is -2.24. The molecule has 57 heavy (non-hydrogen) atoms. The number of esters is 1. The second-order valence-electron chi connectivity index (χ2n) is 17.6. The second-order valence-corrected chi connectivity index (χ2v) is 17.6. The van der Waals surface area contributed by atoms with E-state index in [1.54, 1.807) is 0 Å². The SMILES string of the molecule is CCCCCCCCCCC/C=C/CCCCCCCC(=O)OC(CCCCCCCCCCC)CC(=O)NC(CO)C(O)CCCCCCCCCCCCC. The summed E-state index contributed by atoms with van der Waals surface area (Å²) in [6.07, 6.45) is 49.9. The molecule has 0 aromatic carbocycles.